The predicted molar refractivity (Wildman–Crippen MR) is 98.3 cm³/mol. The van der Waals surface area contributed by atoms with Crippen molar-refractivity contribution in [2.75, 3.05) is 6.61 Å². The second-order valence-corrected chi connectivity index (χ2v) is 6.54. The Morgan fingerprint density at radius 3 is 2.22 bits per heavy atom. The molecule has 150 valence electrons. The summed E-state index contributed by atoms with van der Waals surface area (Å²) in [5, 5.41) is 24.7. The smallest absolute Gasteiger partial charge is 0.338 e. The second kappa shape index (κ2) is 11.3. The zero-order valence-corrected chi connectivity index (χ0v) is 15.8. The zero-order chi connectivity index (χ0) is 20.4. The lowest BCUT2D eigenvalue weighted by Gasteiger charge is -2.23. The Balaban J connectivity index is 2.70. The number of aliphatic hydroxyl groups excluding tert-OH is 2. The summed E-state index contributed by atoms with van der Waals surface area (Å²) in [6.45, 7) is 5.59. The van der Waals surface area contributed by atoms with Crippen molar-refractivity contribution < 1.29 is 29.3 Å². The molecule has 2 amide bonds. The van der Waals surface area contributed by atoms with E-state index in [1.54, 1.807) is 0 Å². The summed E-state index contributed by atoms with van der Waals surface area (Å²) in [5.41, 5.74) is 0.901. The van der Waals surface area contributed by atoms with Crippen LogP contribution in [0.25, 0.3) is 0 Å². The average molecular weight is 380 g/mol. The molecule has 0 saturated carbocycles. The first-order valence-electron chi connectivity index (χ1n) is 8.91. The van der Waals surface area contributed by atoms with Gasteiger partial charge in [-0.15, -0.1) is 0 Å². The van der Waals surface area contributed by atoms with Gasteiger partial charge in [0.2, 0.25) is 5.91 Å². The molecule has 8 heteroatoms. The number of nitrogens with one attached hydrogen (secondary N) is 2. The molecule has 1 aromatic rings. The first-order valence-corrected chi connectivity index (χ1v) is 8.91. The van der Waals surface area contributed by atoms with E-state index in [1.807, 2.05) is 44.2 Å². The quantitative estimate of drug-likeness (QED) is 0.427. The Kier molecular flexibility index (Phi) is 9.46. The monoisotopic (exact) mass is 380 g/mol. The third kappa shape index (κ3) is 7.76. The minimum absolute atomic E-state index is 0.00208. The number of amides is 2. The highest BCUT2D eigenvalue weighted by atomic mass is 16.5. The summed E-state index contributed by atoms with van der Waals surface area (Å²) in [6.07, 6.45) is -3.72. The van der Waals surface area contributed by atoms with E-state index in [4.69, 9.17) is 0 Å². The van der Waals surface area contributed by atoms with Gasteiger partial charge in [0.25, 0.3) is 5.91 Å². The molecule has 3 atom stereocenters. The van der Waals surface area contributed by atoms with Crippen molar-refractivity contribution in [2.45, 2.75) is 52.0 Å². The molecule has 0 heterocycles. The lowest BCUT2D eigenvalue weighted by atomic mass is 10.0. The highest BCUT2D eigenvalue weighted by molar-refractivity contribution is 5.92. The van der Waals surface area contributed by atoms with Crippen molar-refractivity contribution in [3.8, 4) is 0 Å². The maximum absolute atomic E-state index is 12.5. The van der Waals surface area contributed by atoms with E-state index >= 15 is 0 Å². The van der Waals surface area contributed by atoms with E-state index in [1.165, 1.54) is 6.92 Å². The molecule has 0 bridgehead atoms. The molecular formula is C19H28N2O6. The SMILES string of the molecule is CCOC(=O)[C@@H](O)[C@H](O)C(=O)N[C@@H](CC(C)C)C(=O)NCc1ccccc1. The van der Waals surface area contributed by atoms with Gasteiger partial charge in [0, 0.05) is 6.54 Å². The highest BCUT2D eigenvalue weighted by Crippen LogP contribution is 2.07. The fourth-order valence-corrected chi connectivity index (χ4v) is 2.37. The van der Waals surface area contributed by atoms with Gasteiger partial charge in [0.05, 0.1) is 6.61 Å². The largest absolute Gasteiger partial charge is 0.464 e. The van der Waals surface area contributed by atoms with Crippen LogP contribution in [0.2, 0.25) is 0 Å². The van der Waals surface area contributed by atoms with Crippen molar-refractivity contribution in [3.05, 3.63) is 35.9 Å². The third-order valence-electron chi connectivity index (χ3n) is 3.75. The van der Waals surface area contributed by atoms with Crippen LogP contribution in [-0.2, 0) is 25.7 Å². The number of aliphatic hydroxyl groups is 2. The van der Waals surface area contributed by atoms with Crippen molar-refractivity contribution >= 4 is 17.8 Å². The van der Waals surface area contributed by atoms with E-state index in [0.717, 1.165) is 5.56 Å². The van der Waals surface area contributed by atoms with Gasteiger partial charge in [-0.3, -0.25) is 9.59 Å². The predicted octanol–water partition coefficient (Wildman–Crippen LogP) is 0.119. The van der Waals surface area contributed by atoms with Gasteiger partial charge in [0.15, 0.2) is 12.2 Å². The molecule has 0 aliphatic rings. The topological polar surface area (TPSA) is 125 Å². The Hall–Kier alpha value is -2.45. The van der Waals surface area contributed by atoms with E-state index in [9.17, 15) is 24.6 Å². The van der Waals surface area contributed by atoms with E-state index < -0.39 is 36.0 Å². The number of esters is 1. The van der Waals surface area contributed by atoms with Crippen LogP contribution < -0.4 is 10.6 Å². The van der Waals surface area contributed by atoms with Gasteiger partial charge in [-0.25, -0.2) is 4.79 Å². The van der Waals surface area contributed by atoms with Gasteiger partial charge in [-0.05, 0) is 24.8 Å². The van der Waals surface area contributed by atoms with Crippen molar-refractivity contribution in [1.29, 1.82) is 0 Å². The Morgan fingerprint density at radius 1 is 1.04 bits per heavy atom. The van der Waals surface area contributed by atoms with Crippen LogP contribution in [0.5, 0.6) is 0 Å². The fourth-order valence-electron chi connectivity index (χ4n) is 2.37. The Morgan fingerprint density at radius 2 is 1.67 bits per heavy atom. The molecule has 1 rings (SSSR count). The lowest BCUT2D eigenvalue weighted by Crippen LogP contribution is -2.53. The summed E-state index contributed by atoms with van der Waals surface area (Å²) in [7, 11) is 0. The van der Waals surface area contributed by atoms with Crippen molar-refractivity contribution in [1.82, 2.24) is 10.6 Å². The maximum atomic E-state index is 12.5. The standard InChI is InChI=1S/C19H28N2O6/c1-4-27-19(26)16(23)15(22)18(25)21-14(10-12(2)3)17(24)20-11-13-8-6-5-7-9-13/h5-9,12,14-16,22-23H,4,10-11H2,1-3H3,(H,20,24)(H,21,25)/t14-,15-,16-/m0/s1. The molecule has 27 heavy (non-hydrogen) atoms. The molecule has 0 aliphatic heterocycles. The van der Waals surface area contributed by atoms with Crippen molar-refractivity contribution in [2.24, 2.45) is 5.92 Å². The number of carbonyl (C=O) groups is 3. The molecule has 8 nitrogen and oxygen atoms in total. The van der Waals surface area contributed by atoms with Crippen molar-refractivity contribution in [3.63, 3.8) is 0 Å². The minimum atomic E-state index is -2.03. The summed E-state index contributed by atoms with van der Waals surface area (Å²) in [5.74, 6) is -2.45. The fraction of sp³-hybridized carbons (Fsp3) is 0.526. The summed E-state index contributed by atoms with van der Waals surface area (Å²) in [4.78, 5) is 36.1. The molecule has 0 spiro atoms. The Bertz CT molecular complexity index is 620. The van der Waals surface area contributed by atoms with E-state index in [0.29, 0.717) is 6.42 Å². The number of hydrogen-bond acceptors (Lipinski definition) is 6. The van der Waals surface area contributed by atoms with E-state index in [-0.39, 0.29) is 19.1 Å². The number of rotatable bonds is 10. The van der Waals surface area contributed by atoms with Crippen LogP contribution in [-0.4, -0.2) is 52.9 Å². The number of carbonyl (C=O) groups excluding carboxylic acids is 3. The van der Waals surface area contributed by atoms with Crippen LogP contribution in [0.3, 0.4) is 0 Å². The summed E-state index contributed by atoms with van der Waals surface area (Å²) in [6, 6.07) is 8.36. The first-order chi connectivity index (χ1) is 12.8. The van der Waals surface area contributed by atoms with Crippen LogP contribution in [0.1, 0.15) is 32.8 Å². The lowest BCUT2D eigenvalue weighted by molar-refractivity contribution is -0.163. The van der Waals surface area contributed by atoms with Gasteiger partial charge < -0.3 is 25.6 Å². The molecule has 0 aliphatic carbocycles. The Labute approximate surface area is 158 Å². The van der Waals surface area contributed by atoms with Gasteiger partial charge in [0.1, 0.15) is 6.04 Å². The third-order valence-corrected chi connectivity index (χ3v) is 3.75. The van der Waals surface area contributed by atoms with Gasteiger partial charge in [-0.1, -0.05) is 44.2 Å². The molecule has 0 saturated heterocycles. The molecule has 0 fully saturated rings. The highest BCUT2D eigenvalue weighted by Gasteiger charge is 2.33. The normalized spacial score (nSPS) is 14.1. The number of benzene rings is 1. The molecule has 0 aromatic heterocycles. The van der Waals surface area contributed by atoms with E-state index in [2.05, 4.69) is 15.4 Å². The molecule has 1 aromatic carbocycles. The second-order valence-electron chi connectivity index (χ2n) is 6.54. The van der Waals surface area contributed by atoms with Gasteiger partial charge >= 0.3 is 5.97 Å². The summed E-state index contributed by atoms with van der Waals surface area (Å²) < 4.78 is 4.57. The molecule has 0 radical (unpaired) electrons. The van der Waals surface area contributed by atoms with Gasteiger partial charge in [-0.2, -0.15) is 0 Å². The molecule has 0 unspecified atom stereocenters. The average Bonchev–Trinajstić information content (AvgIpc) is 2.64. The minimum Gasteiger partial charge on any atom is -0.464 e. The number of hydrogen-bond donors (Lipinski definition) is 4. The molecule has 4 N–H and O–H groups in total. The first kappa shape index (κ1) is 22.6. The molecular weight excluding hydrogens is 352 g/mol. The van der Waals surface area contributed by atoms with Crippen LogP contribution in [0.4, 0.5) is 0 Å². The number of ether oxygens (including phenoxy) is 1. The maximum Gasteiger partial charge on any atom is 0.338 e. The summed E-state index contributed by atoms with van der Waals surface area (Å²) >= 11 is 0. The van der Waals surface area contributed by atoms with Crippen LogP contribution >= 0.6 is 0 Å². The van der Waals surface area contributed by atoms with Crippen LogP contribution in [0.15, 0.2) is 30.3 Å². The zero-order valence-electron chi connectivity index (χ0n) is 15.8. The van der Waals surface area contributed by atoms with Crippen LogP contribution in [0, 0.1) is 5.92 Å².